The van der Waals surface area contributed by atoms with Crippen LogP contribution in [0.25, 0.3) is 16.9 Å². The van der Waals surface area contributed by atoms with Crippen LogP contribution in [0.5, 0.6) is 0 Å². The standard InChI is InChI=1S/C23H20FN3O2/c1-2-29-23(28)21(25-18-13-11-17(24)12-14-18)22-20(16-8-4-3-5-9-16)26-19-10-6-7-15-27(19)22/h3-15,21,25H,2H2,1H3. The molecule has 0 bridgehead atoms. The second-order valence-electron chi connectivity index (χ2n) is 6.48. The number of benzene rings is 2. The lowest BCUT2D eigenvalue weighted by Gasteiger charge is -2.20. The van der Waals surface area contributed by atoms with Crippen molar-refractivity contribution in [3.63, 3.8) is 0 Å². The minimum absolute atomic E-state index is 0.248. The lowest BCUT2D eigenvalue weighted by atomic mass is 10.1. The average Bonchev–Trinajstić information content (AvgIpc) is 3.13. The van der Waals surface area contributed by atoms with Crippen LogP contribution in [0.15, 0.2) is 79.0 Å². The van der Waals surface area contributed by atoms with Crippen molar-refractivity contribution >= 4 is 17.3 Å². The molecule has 5 nitrogen and oxygen atoms in total. The number of esters is 1. The van der Waals surface area contributed by atoms with E-state index in [1.165, 1.54) is 12.1 Å². The molecular weight excluding hydrogens is 369 g/mol. The molecule has 0 aliphatic rings. The predicted octanol–water partition coefficient (Wildman–Crippen LogP) is 4.86. The van der Waals surface area contributed by atoms with Crippen molar-refractivity contribution in [3.8, 4) is 11.3 Å². The van der Waals surface area contributed by atoms with Gasteiger partial charge < -0.3 is 14.5 Å². The van der Waals surface area contributed by atoms with E-state index < -0.39 is 12.0 Å². The molecular formula is C23H20FN3O2. The molecule has 1 unspecified atom stereocenters. The summed E-state index contributed by atoms with van der Waals surface area (Å²) in [7, 11) is 0. The Balaban J connectivity index is 1.88. The van der Waals surface area contributed by atoms with E-state index in [0.717, 1.165) is 11.2 Å². The van der Waals surface area contributed by atoms with Gasteiger partial charge in [-0.25, -0.2) is 14.2 Å². The Labute approximate surface area is 167 Å². The van der Waals surface area contributed by atoms with Gasteiger partial charge in [0.05, 0.1) is 18.0 Å². The van der Waals surface area contributed by atoms with Gasteiger partial charge >= 0.3 is 5.97 Å². The highest BCUT2D eigenvalue weighted by Crippen LogP contribution is 2.32. The number of aromatic nitrogens is 2. The molecule has 0 saturated heterocycles. The van der Waals surface area contributed by atoms with Gasteiger partial charge in [-0.05, 0) is 43.3 Å². The third-order valence-corrected chi connectivity index (χ3v) is 4.57. The van der Waals surface area contributed by atoms with Gasteiger partial charge in [-0.15, -0.1) is 0 Å². The van der Waals surface area contributed by atoms with Gasteiger partial charge in [-0.3, -0.25) is 0 Å². The summed E-state index contributed by atoms with van der Waals surface area (Å²) in [5.74, 6) is -0.775. The minimum atomic E-state index is -0.826. The van der Waals surface area contributed by atoms with E-state index in [4.69, 9.17) is 9.72 Å². The van der Waals surface area contributed by atoms with Crippen LogP contribution in [0.1, 0.15) is 18.7 Å². The number of carbonyl (C=O) groups excluding carboxylic acids is 1. The van der Waals surface area contributed by atoms with E-state index in [1.807, 2.05) is 59.1 Å². The number of hydrogen-bond donors (Lipinski definition) is 1. The van der Waals surface area contributed by atoms with Gasteiger partial charge in [-0.1, -0.05) is 36.4 Å². The quantitative estimate of drug-likeness (QED) is 0.479. The van der Waals surface area contributed by atoms with Crippen molar-refractivity contribution in [1.29, 1.82) is 0 Å². The molecule has 1 atom stereocenters. The number of rotatable bonds is 6. The van der Waals surface area contributed by atoms with Gasteiger partial charge in [-0.2, -0.15) is 0 Å². The summed E-state index contributed by atoms with van der Waals surface area (Å²) in [6.45, 7) is 2.01. The molecule has 0 spiro atoms. The fourth-order valence-electron chi connectivity index (χ4n) is 3.28. The summed E-state index contributed by atoms with van der Waals surface area (Å²) >= 11 is 0. The molecule has 2 aromatic carbocycles. The van der Waals surface area contributed by atoms with Gasteiger partial charge in [0, 0.05) is 17.4 Å². The smallest absolute Gasteiger partial charge is 0.334 e. The van der Waals surface area contributed by atoms with Crippen LogP contribution in [0, 0.1) is 5.82 Å². The third kappa shape index (κ3) is 3.82. The van der Waals surface area contributed by atoms with Crippen LogP contribution < -0.4 is 5.32 Å². The molecule has 4 aromatic rings. The summed E-state index contributed by atoms with van der Waals surface area (Å²) in [5, 5.41) is 3.19. The number of nitrogens with one attached hydrogen (secondary N) is 1. The van der Waals surface area contributed by atoms with Crippen LogP contribution in [0.3, 0.4) is 0 Å². The number of ether oxygens (including phenoxy) is 1. The number of anilines is 1. The second kappa shape index (κ2) is 8.14. The largest absolute Gasteiger partial charge is 0.464 e. The highest BCUT2D eigenvalue weighted by atomic mass is 19.1. The number of imidazole rings is 1. The molecule has 146 valence electrons. The first-order valence-electron chi connectivity index (χ1n) is 9.38. The Morgan fingerprint density at radius 3 is 2.52 bits per heavy atom. The van der Waals surface area contributed by atoms with Crippen LogP contribution in [-0.2, 0) is 9.53 Å². The Bertz CT molecular complexity index is 1120. The SMILES string of the molecule is CCOC(=O)C(Nc1ccc(F)cc1)c1c(-c2ccccc2)nc2ccccn12. The molecule has 6 heteroatoms. The summed E-state index contributed by atoms with van der Waals surface area (Å²) in [6.07, 6.45) is 1.86. The van der Waals surface area contributed by atoms with E-state index in [1.54, 1.807) is 19.1 Å². The molecule has 0 radical (unpaired) electrons. The van der Waals surface area contributed by atoms with Gasteiger partial charge in [0.25, 0.3) is 0 Å². The molecule has 29 heavy (non-hydrogen) atoms. The number of pyridine rings is 1. The van der Waals surface area contributed by atoms with Crippen LogP contribution >= 0.6 is 0 Å². The van der Waals surface area contributed by atoms with Crippen molar-refractivity contribution in [2.75, 3.05) is 11.9 Å². The molecule has 1 N–H and O–H groups in total. The number of halogens is 1. The normalized spacial score (nSPS) is 11.9. The number of carbonyl (C=O) groups is 1. The van der Waals surface area contributed by atoms with Crippen LogP contribution in [0.4, 0.5) is 10.1 Å². The lowest BCUT2D eigenvalue weighted by Crippen LogP contribution is -2.25. The Morgan fingerprint density at radius 1 is 1.07 bits per heavy atom. The van der Waals surface area contributed by atoms with Crippen molar-refractivity contribution in [3.05, 3.63) is 90.5 Å². The third-order valence-electron chi connectivity index (χ3n) is 4.57. The first kappa shape index (κ1) is 18.7. The maximum Gasteiger partial charge on any atom is 0.334 e. The molecule has 4 rings (SSSR count). The van der Waals surface area contributed by atoms with Crippen molar-refractivity contribution in [1.82, 2.24) is 9.38 Å². The van der Waals surface area contributed by atoms with Crippen LogP contribution in [0.2, 0.25) is 0 Å². The molecule has 0 saturated carbocycles. The van der Waals surface area contributed by atoms with E-state index in [-0.39, 0.29) is 12.4 Å². The fourth-order valence-corrected chi connectivity index (χ4v) is 3.28. The Kier molecular flexibility index (Phi) is 5.24. The molecule has 2 heterocycles. The van der Waals surface area contributed by atoms with Crippen molar-refractivity contribution < 1.29 is 13.9 Å². The van der Waals surface area contributed by atoms with E-state index in [2.05, 4.69) is 5.32 Å². The predicted molar refractivity (Wildman–Crippen MR) is 110 cm³/mol. The van der Waals surface area contributed by atoms with E-state index in [0.29, 0.717) is 17.1 Å². The topological polar surface area (TPSA) is 55.6 Å². The molecule has 0 fully saturated rings. The average molecular weight is 389 g/mol. The maximum absolute atomic E-state index is 13.3. The number of fused-ring (bicyclic) bond motifs is 1. The zero-order chi connectivity index (χ0) is 20.2. The Hall–Kier alpha value is -3.67. The zero-order valence-corrected chi connectivity index (χ0v) is 15.9. The lowest BCUT2D eigenvalue weighted by molar-refractivity contribution is -0.144. The first-order valence-corrected chi connectivity index (χ1v) is 9.38. The highest BCUT2D eigenvalue weighted by Gasteiger charge is 2.29. The summed E-state index contributed by atoms with van der Waals surface area (Å²) in [4.78, 5) is 17.7. The van der Waals surface area contributed by atoms with Crippen LogP contribution in [-0.4, -0.2) is 22.0 Å². The highest BCUT2D eigenvalue weighted by molar-refractivity contribution is 5.84. The number of nitrogens with zero attached hydrogens (tertiary/aromatic N) is 2. The van der Waals surface area contributed by atoms with E-state index >= 15 is 0 Å². The molecule has 2 aromatic heterocycles. The maximum atomic E-state index is 13.3. The zero-order valence-electron chi connectivity index (χ0n) is 15.9. The first-order chi connectivity index (χ1) is 14.2. The summed E-state index contributed by atoms with van der Waals surface area (Å²) in [5.41, 5.74) is 3.56. The van der Waals surface area contributed by atoms with Gasteiger partial charge in [0.2, 0.25) is 0 Å². The van der Waals surface area contributed by atoms with Gasteiger partial charge in [0.1, 0.15) is 11.5 Å². The minimum Gasteiger partial charge on any atom is -0.464 e. The van der Waals surface area contributed by atoms with Crippen molar-refractivity contribution in [2.45, 2.75) is 13.0 Å². The molecule has 0 aliphatic carbocycles. The summed E-state index contributed by atoms with van der Waals surface area (Å²) < 4.78 is 20.6. The molecule has 0 aliphatic heterocycles. The monoisotopic (exact) mass is 389 g/mol. The summed E-state index contributed by atoms with van der Waals surface area (Å²) in [6, 6.07) is 20.4. The second-order valence-corrected chi connectivity index (χ2v) is 6.48. The van der Waals surface area contributed by atoms with E-state index in [9.17, 15) is 9.18 Å². The Morgan fingerprint density at radius 2 is 1.79 bits per heavy atom. The van der Waals surface area contributed by atoms with Gasteiger partial charge in [0.15, 0.2) is 6.04 Å². The number of hydrogen-bond acceptors (Lipinski definition) is 4. The fraction of sp³-hybridized carbons (Fsp3) is 0.130. The van der Waals surface area contributed by atoms with Crippen molar-refractivity contribution in [2.24, 2.45) is 0 Å². The molecule has 0 amide bonds.